The molecule has 1 aliphatic heterocycles. The van der Waals surface area contributed by atoms with Crippen LogP contribution < -0.4 is 9.62 Å². The number of anilines is 1. The first-order valence-electron chi connectivity index (χ1n) is 5.89. The number of nitrogens with one attached hydrogen (secondary N) is 1. The minimum Gasteiger partial charge on any atom is -0.348 e. The van der Waals surface area contributed by atoms with Crippen LogP contribution in [0.3, 0.4) is 0 Å². The predicted molar refractivity (Wildman–Crippen MR) is 75.5 cm³/mol. The van der Waals surface area contributed by atoms with Crippen molar-refractivity contribution in [2.24, 2.45) is 0 Å². The fourth-order valence-corrected chi connectivity index (χ4v) is 4.20. The van der Waals surface area contributed by atoms with Crippen LogP contribution in [0.4, 0.5) is 18.9 Å². The van der Waals surface area contributed by atoms with Crippen LogP contribution in [0, 0.1) is 0 Å². The van der Waals surface area contributed by atoms with Gasteiger partial charge in [0.05, 0.1) is 11.3 Å². The molecule has 0 fully saturated rings. The summed E-state index contributed by atoms with van der Waals surface area (Å²) < 4.78 is 40.7. The summed E-state index contributed by atoms with van der Waals surface area (Å²) in [6, 6.07) is 3.74. The third-order valence-corrected chi connectivity index (χ3v) is 5.22. The molecule has 0 radical (unpaired) electrons. The van der Waals surface area contributed by atoms with Gasteiger partial charge in [-0.15, -0.1) is 0 Å². The van der Waals surface area contributed by atoms with Crippen molar-refractivity contribution in [3.05, 3.63) is 23.8 Å². The van der Waals surface area contributed by atoms with Crippen molar-refractivity contribution in [2.75, 3.05) is 11.4 Å². The van der Waals surface area contributed by atoms with Gasteiger partial charge < -0.3 is 4.90 Å². The maximum Gasteiger partial charge on any atom is 0.416 e. The van der Waals surface area contributed by atoms with E-state index in [-0.39, 0.29) is 10.6 Å². The molecule has 1 amide bonds. The molecule has 1 heterocycles. The summed E-state index contributed by atoms with van der Waals surface area (Å²) in [5.41, 5.74) is -0.0874. The van der Waals surface area contributed by atoms with E-state index >= 15 is 0 Å². The Balaban J connectivity index is 2.25. The fraction of sp³-hybridized carbons (Fsp3) is 0.417. The van der Waals surface area contributed by atoms with E-state index < -0.39 is 11.7 Å². The van der Waals surface area contributed by atoms with Crippen LogP contribution in [-0.2, 0) is 11.0 Å². The molecule has 0 saturated carbocycles. The van der Waals surface area contributed by atoms with Gasteiger partial charge in [-0.05, 0) is 37.1 Å². The second-order valence-electron chi connectivity index (χ2n) is 4.17. The van der Waals surface area contributed by atoms with Crippen molar-refractivity contribution >= 4 is 35.3 Å². The summed E-state index contributed by atoms with van der Waals surface area (Å²) in [6.45, 7) is 3.84. The summed E-state index contributed by atoms with van der Waals surface area (Å²) in [7, 11) is 0. The van der Waals surface area contributed by atoms with Crippen LogP contribution >= 0.6 is 23.7 Å². The zero-order valence-electron chi connectivity index (χ0n) is 10.8. The molecule has 1 N–H and O–H groups in total. The van der Waals surface area contributed by atoms with Gasteiger partial charge in [-0.25, -0.2) is 0 Å². The topological polar surface area (TPSA) is 32.3 Å². The minimum atomic E-state index is -4.35. The Bertz CT molecular complexity index is 522. The number of carbonyl (C=O) groups excluding carboxylic acids is 1. The molecule has 0 saturated heterocycles. The Hall–Kier alpha value is -1.02. The molecule has 0 bridgehead atoms. The average molecular weight is 322 g/mol. The molecule has 1 aromatic rings. The summed E-state index contributed by atoms with van der Waals surface area (Å²) in [4.78, 5) is 13.6. The SMILES string of the molecule is CCN1c2cc(C(F)(F)F)ccc2SC1SNC(C)=O. The molecule has 1 unspecified atom stereocenters. The van der Waals surface area contributed by atoms with E-state index in [1.165, 1.54) is 42.8 Å². The Morgan fingerprint density at radius 1 is 1.50 bits per heavy atom. The van der Waals surface area contributed by atoms with E-state index in [0.29, 0.717) is 12.2 Å². The van der Waals surface area contributed by atoms with Crippen molar-refractivity contribution < 1.29 is 18.0 Å². The molecule has 0 spiro atoms. The highest BCUT2D eigenvalue weighted by molar-refractivity contribution is 8.16. The van der Waals surface area contributed by atoms with Gasteiger partial charge in [0, 0.05) is 18.4 Å². The quantitative estimate of drug-likeness (QED) is 0.860. The molecule has 1 aliphatic rings. The highest BCUT2D eigenvalue weighted by Crippen LogP contribution is 2.48. The largest absolute Gasteiger partial charge is 0.416 e. The lowest BCUT2D eigenvalue weighted by atomic mass is 10.2. The first-order chi connectivity index (χ1) is 9.32. The number of fused-ring (bicyclic) bond motifs is 1. The van der Waals surface area contributed by atoms with Gasteiger partial charge in [-0.2, -0.15) is 13.2 Å². The molecule has 3 nitrogen and oxygen atoms in total. The highest BCUT2D eigenvalue weighted by Gasteiger charge is 2.35. The summed E-state index contributed by atoms with van der Waals surface area (Å²) in [5, 5.41) is 0. The standard InChI is InChI=1S/C12H13F3N2OS2/c1-3-17-9-6-8(12(13,14)15)4-5-10(9)19-11(17)20-16-7(2)18/h4-6,11H,3H2,1-2H3,(H,16,18). The van der Waals surface area contributed by atoms with E-state index in [9.17, 15) is 18.0 Å². The first kappa shape index (κ1) is 15.4. The highest BCUT2D eigenvalue weighted by atomic mass is 32.2. The zero-order valence-corrected chi connectivity index (χ0v) is 12.5. The number of alkyl halides is 3. The normalized spacial score (nSPS) is 18.1. The number of hydrogen-bond donors (Lipinski definition) is 1. The maximum absolute atomic E-state index is 12.8. The van der Waals surface area contributed by atoms with E-state index in [0.717, 1.165) is 11.0 Å². The number of amides is 1. The summed E-state index contributed by atoms with van der Waals surface area (Å²) in [6.07, 6.45) is -4.35. The van der Waals surface area contributed by atoms with Crippen molar-refractivity contribution in [2.45, 2.75) is 29.6 Å². The third-order valence-electron chi connectivity index (χ3n) is 2.72. The maximum atomic E-state index is 12.8. The number of thioether (sulfide) groups is 1. The van der Waals surface area contributed by atoms with Gasteiger partial charge in [-0.3, -0.25) is 9.52 Å². The molecule has 8 heteroatoms. The number of benzene rings is 1. The lowest BCUT2D eigenvalue weighted by Gasteiger charge is -2.24. The van der Waals surface area contributed by atoms with E-state index in [1.807, 2.05) is 11.8 Å². The second-order valence-corrected chi connectivity index (χ2v) is 6.47. The van der Waals surface area contributed by atoms with Gasteiger partial charge in [0.15, 0.2) is 0 Å². The number of rotatable bonds is 3. The van der Waals surface area contributed by atoms with E-state index in [4.69, 9.17) is 0 Å². The van der Waals surface area contributed by atoms with Gasteiger partial charge >= 0.3 is 6.18 Å². The van der Waals surface area contributed by atoms with E-state index in [1.54, 1.807) is 0 Å². The fourth-order valence-electron chi connectivity index (χ4n) is 1.84. The molecule has 20 heavy (non-hydrogen) atoms. The Morgan fingerprint density at radius 3 is 2.75 bits per heavy atom. The summed E-state index contributed by atoms with van der Waals surface area (Å²) in [5.74, 6) is -0.182. The van der Waals surface area contributed by atoms with Gasteiger partial charge in [0.25, 0.3) is 0 Å². The molecule has 110 valence electrons. The molecular weight excluding hydrogens is 309 g/mol. The molecule has 0 aliphatic carbocycles. The van der Waals surface area contributed by atoms with Crippen molar-refractivity contribution in [1.29, 1.82) is 0 Å². The van der Waals surface area contributed by atoms with Crippen molar-refractivity contribution in [1.82, 2.24) is 4.72 Å². The third kappa shape index (κ3) is 3.17. The Morgan fingerprint density at radius 2 is 2.20 bits per heavy atom. The van der Waals surface area contributed by atoms with Crippen LogP contribution in [0.25, 0.3) is 0 Å². The zero-order chi connectivity index (χ0) is 14.9. The lowest BCUT2D eigenvalue weighted by molar-refractivity contribution is -0.137. The number of hydrogen-bond acceptors (Lipinski definition) is 4. The van der Waals surface area contributed by atoms with Crippen LogP contribution in [-0.4, -0.2) is 17.2 Å². The van der Waals surface area contributed by atoms with Gasteiger partial charge in [-0.1, -0.05) is 11.8 Å². The van der Waals surface area contributed by atoms with E-state index in [2.05, 4.69) is 4.72 Å². The molecule has 0 aromatic heterocycles. The van der Waals surface area contributed by atoms with Crippen LogP contribution in [0.5, 0.6) is 0 Å². The van der Waals surface area contributed by atoms with Crippen LogP contribution in [0.2, 0.25) is 0 Å². The second kappa shape index (κ2) is 5.77. The smallest absolute Gasteiger partial charge is 0.348 e. The van der Waals surface area contributed by atoms with Gasteiger partial charge in [0.2, 0.25) is 5.91 Å². The lowest BCUT2D eigenvalue weighted by Crippen LogP contribution is -2.30. The molecular formula is C12H13F3N2OS2. The van der Waals surface area contributed by atoms with Crippen LogP contribution in [0.15, 0.2) is 23.1 Å². The Kier molecular flexibility index (Phi) is 4.43. The molecule has 1 aromatic carbocycles. The molecule has 2 rings (SSSR count). The minimum absolute atomic E-state index is 0.151. The summed E-state index contributed by atoms with van der Waals surface area (Å²) >= 11 is 2.64. The van der Waals surface area contributed by atoms with Crippen LogP contribution in [0.1, 0.15) is 19.4 Å². The predicted octanol–water partition coefficient (Wildman–Crippen LogP) is 3.71. The number of nitrogens with zero attached hydrogens (tertiary/aromatic N) is 1. The average Bonchev–Trinajstić information content (AvgIpc) is 2.71. The number of carbonyl (C=O) groups is 1. The first-order valence-corrected chi connectivity index (χ1v) is 7.65. The monoisotopic (exact) mass is 322 g/mol. The Labute approximate surface area is 123 Å². The van der Waals surface area contributed by atoms with Crippen molar-refractivity contribution in [3.8, 4) is 0 Å². The number of halogens is 3. The van der Waals surface area contributed by atoms with Gasteiger partial charge in [0.1, 0.15) is 4.71 Å². The van der Waals surface area contributed by atoms with Crippen molar-refractivity contribution in [3.63, 3.8) is 0 Å². The molecule has 1 atom stereocenters.